The summed E-state index contributed by atoms with van der Waals surface area (Å²) in [6.45, 7) is 1.65. The first-order valence-electron chi connectivity index (χ1n) is 10.2. The van der Waals surface area contributed by atoms with Gasteiger partial charge in [0.15, 0.2) is 5.43 Å². The molecule has 0 saturated carbocycles. The molecule has 3 aliphatic rings. The Bertz CT molecular complexity index is 1520. The van der Waals surface area contributed by atoms with Crippen molar-refractivity contribution in [1.29, 1.82) is 0 Å². The van der Waals surface area contributed by atoms with Crippen LogP contribution in [-0.2, 0) is 9.59 Å². The topological polar surface area (TPSA) is 125 Å². The van der Waals surface area contributed by atoms with Crippen molar-refractivity contribution >= 4 is 34.4 Å². The normalized spacial score (nSPS) is 16.2. The Morgan fingerprint density at radius 1 is 1.00 bits per heavy atom. The molecule has 1 fully saturated rings. The second kappa shape index (κ2) is 7.30. The van der Waals surface area contributed by atoms with Gasteiger partial charge in [0, 0.05) is 41.0 Å². The van der Waals surface area contributed by atoms with Crippen molar-refractivity contribution in [1.82, 2.24) is 0 Å². The molecule has 33 heavy (non-hydrogen) atoms. The van der Waals surface area contributed by atoms with Crippen LogP contribution in [0.1, 0.15) is 23.7 Å². The monoisotopic (exact) mass is 443 g/mol. The van der Waals surface area contributed by atoms with Gasteiger partial charge in [-0.1, -0.05) is 13.0 Å². The number of carbonyl (C=O) groups excluding carboxylic acids is 2. The smallest absolute Gasteiger partial charge is 0.336 e. The van der Waals surface area contributed by atoms with Crippen LogP contribution >= 0.6 is 0 Å². The highest BCUT2D eigenvalue weighted by Gasteiger charge is 2.37. The highest BCUT2D eigenvalue weighted by Crippen LogP contribution is 2.43. The van der Waals surface area contributed by atoms with Crippen LogP contribution < -0.4 is 10.3 Å². The number of imide groups is 1. The van der Waals surface area contributed by atoms with Gasteiger partial charge in [-0.25, -0.2) is 4.79 Å². The third-order valence-electron chi connectivity index (χ3n) is 5.81. The molecule has 1 aliphatic carbocycles. The van der Waals surface area contributed by atoms with Crippen molar-refractivity contribution in [2.75, 3.05) is 4.90 Å². The quantitative estimate of drug-likeness (QED) is 0.364. The van der Waals surface area contributed by atoms with E-state index in [1.54, 1.807) is 19.1 Å². The molecule has 5 rings (SSSR count). The summed E-state index contributed by atoms with van der Waals surface area (Å²) in [5.41, 5.74) is 1.35. The first kappa shape index (κ1) is 20.4. The van der Waals surface area contributed by atoms with Gasteiger partial charge in [0.2, 0.25) is 11.8 Å². The lowest BCUT2D eigenvalue weighted by molar-refractivity contribution is -0.122. The molecule has 0 aromatic heterocycles. The fraction of sp³-hybridized carbons (Fsp3) is 0.120. The van der Waals surface area contributed by atoms with Gasteiger partial charge >= 0.3 is 5.97 Å². The number of aromatic hydroxyl groups is 1. The van der Waals surface area contributed by atoms with Gasteiger partial charge in [0.05, 0.1) is 11.3 Å². The molecule has 164 valence electrons. The first-order valence-corrected chi connectivity index (χ1v) is 10.2. The number of carbonyl (C=O) groups is 3. The average Bonchev–Trinajstić information content (AvgIpc) is 3.02. The summed E-state index contributed by atoms with van der Waals surface area (Å²) in [7, 11) is 0. The Morgan fingerprint density at radius 3 is 2.45 bits per heavy atom. The van der Waals surface area contributed by atoms with Crippen molar-refractivity contribution in [3.8, 4) is 28.2 Å². The molecule has 0 bridgehead atoms. The molecule has 2 N–H and O–H groups in total. The van der Waals surface area contributed by atoms with Gasteiger partial charge in [-0.3, -0.25) is 19.3 Å². The van der Waals surface area contributed by atoms with E-state index in [4.69, 9.17) is 4.42 Å². The van der Waals surface area contributed by atoms with Crippen molar-refractivity contribution in [2.24, 2.45) is 5.92 Å². The van der Waals surface area contributed by atoms with Crippen LogP contribution in [0.5, 0.6) is 5.75 Å². The highest BCUT2D eigenvalue weighted by atomic mass is 16.4. The number of amides is 2. The summed E-state index contributed by atoms with van der Waals surface area (Å²) >= 11 is 0. The van der Waals surface area contributed by atoms with Gasteiger partial charge in [-0.15, -0.1) is 0 Å². The average molecular weight is 443 g/mol. The number of rotatable bonds is 3. The summed E-state index contributed by atoms with van der Waals surface area (Å²) in [4.78, 5) is 50.0. The minimum atomic E-state index is -1.25. The zero-order chi connectivity index (χ0) is 23.4. The summed E-state index contributed by atoms with van der Waals surface area (Å²) < 4.78 is 5.81. The third kappa shape index (κ3) is 3.23. The maximum Gasteiger partial charge on any atom is 0.336 e. The van der Waals surface area contributed by atoms with E-state index in [-0.39, 0.29) is 52.0 Å². The Labute approximate surface area is 186 Å². The molecule has 2 aromatic rings. The van der Waals surface area contributed by atoms with Crippen molar-refractivity contribution in [3.63, 3.8) is 0 Å². The molecule has 1 unspecified atom stereocenters. The molecule has 2 aliphatic heterocycles. The Hall–Kier alpha value is -4.46. The molecule has 2 aromatic carbocycles. The highest BCUT2D eigenvalue weighted by molar-refractivity contribution is 6.21. The van der Waals surface area contributed by atoms with Gasteiger partial charge < -0.3 is 14.6 Å². The summed E-state index contributed by atoms with van der Waals surface area (Å²) in [5.74, 6) is -2.30. The minimum Gasteiger partial charge on any atom is -0.508 e. The number of hydrogen-bond acceptors (Lipinski definition) is 6. The molecular weight excluding hydrogens is 426 g/mol. The van der Waals surface area contributed by atoms with Gasteiger partial charge in [-0.2, -0.15) is 0 Å². The molecule has 1 atom stereocenters. The third-order valence-corrected chi connectivity index (χ3v) is 5.81. The maximum absolute atomic E-state index is 12.5. The number of fused-ring (bicyclic) bond motifs is 2. The van der Waals surface area contributed by atoms with Gasteiger partial charge in [-0.05, 0) is 42.0 Å². The number of phenols is 1. The predicted octanol–water partition coefficient (Wildman–Crippen LogP) is 3.87. The molecular formula is C25H17NO7. The fourth-order valence-corrected chi connectivity index (χ4v) is 4.27. The van der Waals surface area contributed by atoms with Crippen LogP contribution in [-0.4, -0.2) is 28.0 Å². The van der Waals surface area contributed by atoms with E-state index in [0.29, 0.717) is 22.1 Å². The molecule has 2 heterocycles. The lowest BCUT2D eigenvalue weighted by Gasteiger charge is -2.19. The van der Waals surface area contributed by atoms with Crippen LogP contribution in [0.25, 0.3) is 33.4 Å². The number of phenolic OH excluding ortho intramolecular Hbond substituents is 1. The molecule has 1 saturated heterocycles. The zero-order valence-electron chi connectivity index (χ0n) is 17.4. The van der Waals surface area contributed by atoms with Crippen LogP contribution in [0, 0.1) is 5.92 Å². The maximum atomic E-state index is 12.5. The molecule has 2 amide bonds. The van der Waals surface area contributed by atoms with Crippen LogP contribution in [0.2, 0.25) is 0 Å². The standard InChI is InChI=1S/C25H17NO7/c1-12-8-22(29)26(24(12)30)13-2-5-16(19(9-13)25(31)32)23-17-6-3-14(27)10-20(17)33-21-11-15(28)4-7-18(21)23/h2-7,9-12,27H,8H2,1H3,(H,31,32). The second-order valence-corrected chi connectivity index (χ2v) is 8.02. The largest absolute Gasteiger partial charge is 0.508 e. The van der Waals surface area contributed by atoms with Crippen LogP contribution in [0.4, 0.5) is 5.69 Å². The minimum absolute atomic E-state index is 0.0520. The van der Waals surface area contributed by atoms with E-state index >= 15 is 0 Å². The number of benzene rings is 3. The van der Waals surface area contributed by atoms with Gasteiger partial charge in [0.1, 0.15) is 17.1 Å². The fourth-order valence-electron chi connectivity index (χ4n) is 4.27. The Kier molecular flexibility index (Phi) is 4.52. The van der Waals surface area contributed by atoms with E-state index in [9.17, 15) is 29.4 Å². The first-order chi connectivity index (χ1) is 15.7. The van der Waals surface area contributed by atoms with E-state index in [1.807, 2.05) is 0 Å². The Morgan fingerprint density at radius 2 is 1.76 bits per heavy atom. The van der Waals surface area contributed by atoms with E-state index in [1.165, 1.54) is 42.5 Å². The van der Waals surface area contributed by atoms with Crippen molar-refractivity contribution in [3.05, 3.63) is 70.4 Å². The summed E-state index contributed by atoms with van der Waals surface area (Å²) in [5, 5.41) is 20.4. The number of hydrogen-bond donors (Lipinski definition) is 2. The predicted molar refractivity (Wildman–Crippen MR) is 119 cm³/mol. The number of aromatic carboxylic acids is 1. The van der Waals surface area contributed by atoms with Gasteiger partial charge in [0.25, 0.3) is 0 Å². The van der Waals surface area contributed by atoms with Crippen molar-refractivity contribution < 1.29 is 29.0 Å². The van der Waals surface area contributed by atoms with Crippen LogP contribution in [0.15, 0.2) is 63.8 Å². The van der Waals surface area contributed by atoms with E-state index in [2.05, 4.69) is 0 Å². The summed E-state index contributed by atoms with van der Waals surface area (Å²) in [6.07, 6.45) is 0.0689. The second-order valence-electron chi connectivity index (χ2n) is 8.02. The lowest BCUT2D eigenvalue weighted by atomic mass is 9.90. The number of carboxylic acid groups (broad SMARTS) is 1. The number of nitrogens with zero attached hydrogens (tertiary/aromatic N) is 1. The number of carboxylic acids is 1. The Balaban J connectivity index is 1.81. The van der Waals surface area contributed by atoms with E-state index < -0.39 is 11.9 Å². The number of anilines is 1. The molecule has 0 radical (unpaired) electrons. The lowest BCUT2D eigenvalue weighted by Crippen LogP contribution is -2.30. The van der Waals surface area contributed by atoms with Crippen molar-refractivity contribution in [2.45, 2.75) is 13.3 Å². The molecule has 8 nitrogen and oxygen atoms in total. The summed E-state index contributed by atoms with van der Waals surface area (Å²) in [6, 6.07) is 13.0. The zero-order valence-corrected chi connectivity index (χ0v) is 17.4. The SMILES string of the molecule is CC1CC(=O)N(c2ccc(-c3c4ccc(=O)cc-4oc4cc(O)ccc34)c(C(=O)O)c2)C1=O. The molecule has 0 spiro atoms. The van der Waals surface area contributed by atoms with Crippen LogP contribution in [0.3, 0.4) is 0 Å². The molecule has 8 heteroatoms. The van der Waals surface area contributed by atoms with E-state index in [0.717, 1.165) is 4.90 Å².